The second-order valence-corrected chi connectivity index (χ2v) is 5.42. The van der Waals surface area contributed by atoms with Gasteiger partial charge in [0.15, 0.2) is 0 Å². The number of benzene rings is 2. The Hall–Kier alpha value is -2.72. The van der Waals surface area contributed by atoms with Gasteiger partial charge in [-0.2, -0.15) is 0 Å². The van der Waals surface area contributed by atoms with E-state index in [1.165, 1.54) is 6.08 Å². The number of ether oxygens (including phenoxy) is 1. The Bertz CT molecular complexity index is 695. The summed E-state index contributed by atoms with van der Waals surface area (Å²) in [6, 6.07) is 18.6. The number of hydrogen-bond donors (Lipinski definition) is 1. The Morgan fingerprint density at radius 2 is 1.58 bits per heavy atom. The molecule has 1 N–H and O–H groups in total. The molecule has 0 fully saturated rings. The fourth-order valence-electron chi connectivity index (χ4n) is 2.23. The van der Waals surface area contributed by atoms with Gasteiger partial charge in [-0.15, -0.1) is 0 Å². The van der Waals surface area contributed by atoms with Gasteiger partial charge in [0.1, 0.15) is 6.10 Å². The number of carbonyl (C=O) groups excluding carboxylic acids is 2. The van der Waals surface area contributed by atoms with Crippen molar-refractivity contribution in [1.29, 1.82) is 0 Å². The Morgan fingerprint density at radius 1 is 1.00 bits per heavy atom. The summed E-state index contributed by atoms with van der Waals surface area (Å²) < 4.78 is 5.44. The second-order valence-electron chi connectivity index (χ2n) is 5.42. The van der Waals surface area contributed by atoms with Gasteiger partial charge in [-0.05, 0) is 31.2 Å². The lowest BCUT2D eigenvalue weighted by Crippen LogP contribution is -2.33. The summed E-state index contributed by atoms with van der Waals surface area (Å²) in [6.07, 6.45) is 2.31. The Morgan fingerprint density at radius 3 is 2.17 bits per heavy atom. The zero-order valence-corrected chi connectivity index (χ0v) is 13.8. The van der Waals surface area contributed by atoms with E-state index < -0.39 is 17.9 Å². The largest absolute Gasteiger partial charge is 0.450 e. The summed E-state index contributed by atoms with van der Waals surface area (Å²) in [5, 5.41) is 3.06. The molecule has 0 spiro atoms. The predicted octanol–water partition coefficient (Wildman–Crippen LogP) is 3.16. The van der Waals surface area contributed by atoms with E-state index >= 15 is 0 Å². The molecular formula is C20H21NO3. The van der Waals surface area contributed by atoms with Crippen LogP contribution in [-0.4, -0.2) is 24.8 Å². The van der Waals surface area contributed by atoms with Gasteiger partial charge in [-0.25, -0.2) is 4.79 Å². The highest BCUT2D eigenvalue weighted by Gasteiger charge is 2.24. The molecule has 0 unspecified atom stereocenters. The standard InChI is InChI=1S/C20H21NO3/c1-15(21-2)19(17-11-7-4-8-12-17)24-20(23)18(22)14-13-16-9-5-3-6-10-16/h3-15,19,21H,1-2H3/b14-13+/t15-,19-/m0/s1. The van der Waals surface area contributed by atoms with Crippen molar-refractivity contribution in [3.8, 4) is 0 Å². The topological polar surface area (TPSA) is 55.4 Å². The van der Waals surface area contributed by atoms with Crippen LogP contribution in [0.3, 0.4) is 0 Å². The van der Waals surface area contributed by atoms with E-state index in [-0.39, 0.29) is 6.04 Å². The molecule has 124 valence electrons. The number of esters is 1. The van der Waals surface area contributed by atoms with Gasteiger partial charge < -0.3 is 10.1 Å². The lowest BCUT2D eigenvalue weighted by atomic mass is 10.0. The Labute approximate surface area is 142 Å². The molecule has 0 aliphatic heterocycles. The molecular weight excluding hydrogens is 302 g/mol. The van der Waals surface area contributed by atoms with Crippen molar-refractivity contribution in [2.45, 2.75) is 19.1 Å². The van der Waals surface area contributed by atoms with Crippen LogP contribution in [0.4, 0.5) is 0 Å². The lowest BCUT2D eigenvalue weighted by Gasteiger charge is -2.23. The van der Waals surface area contributed by atoms with Gasteiger partial charge in [0.05, 0.1) is 0 Å². The van der Waals surface area contributed by atoms with Crippen molar-refractivity contribution < 1.29 is 14.3 Å². The van der Waals surface area contributed by atoms with E-state index in [9.17, 15) is 9.59 Å². The molecule has 2 atom stereocenters. The molecule has 2 rings (SSSR count). The molecule has 0 amide bonds. The second kappa shape index (κ2) is 8.79. The summed E-state index contributed by atoms with van der Waals surface area (Å²) >= 11 is 0. The highest BCUT2D eigenvalue weighted by Crippen LogP contribution is 2.21. The van der Waals surface area contributed by atoms with E-state index in [1.54, 1.807) is 13.1 Å². The average molecular weight is 323 g/mol. The molecule has 4 nitrogen and oxygen atoms in total. The SMILES string of the molecule is CN[C@@H](C)[C@H](OC(=O)C(=O)/C=C/c1ccccc1)c1ccccc1. The summed E-state index contributed by atoms with van der Waals surface area (Å²) in [6.45, 7) is 1.90. The van der Waals surface area contributed by atoms with Crippen LogP contribution in [0.15, 0.2) is 66.7 Å². The molecule has 0 radical (unpaired) electrons. The zero-order chi connectivity index (χ0) is 17.4. The number of rotatable bonds is 7. The minimum Gasteiger partial charge on any atom is -0.450 e. The molecule has 0 saturated carbocycles. The first kappa shape index (κ1) is 17.6. The number of carbonyl (C=O) groups is 2. The van der Waals surface area contributed by atoms with Crippen LogP contribution in [-0.2, 0) is 14.3 Å². The van der Waals surface area contributed by atoms with Crippen LogP contribution in [0.1, 0.15) is 24.2 Å². The summed E-state index contributed by atoms with van der Waals surface area (Å²) in [4.78, 5) is 24.1. The Balaban J connectivity index is 2.07. The van der Waals surface area contributed by atoms with Crippen molar-refractivity contribution in [1.82, 2.24) is 5.32 Å². The molecule has 2 aromatic rings. The molecule has 0 bridgehead atoms. The lowest BCUT2D eigenvalue weighted by molar-refractivity contribution is -0.157. The molecule has 0 heterocycles. The van der Waals surface area contributed by atoms with Crippen LogP contribution in [0.2, 0.25) is 0 Å². The molecule has 24 heavy (non-hydrogen) atoms. The van der Waals surface area contributed by atoms with Crippen LogP contribution in [0, 0.1) is 0 Å². The highest BCUT2D eigenvalue weighted by molar-refractivity contribution is 6.39. The van der Waals surface area contributed by atoms with Crippen LogP contribution in [0.25, 0.3) is 6.08 Å². The van der Waals surface area contributed by atoms with Gasteiger partial charge in [0.25, 0.3) is 5.78 Å². The third-order valence-corrected chi connectivity index (χ3v) is 3.70. The molecule has 2 aromatic carbocycles. The maximum Gasteiger partial charge on any atom is 0.379 e. The number of ketones is 1. The maximum atomic E-state index is 12.1. The maximum absolute atomic E-state index is 12.1. The van der Waals surface area contributed by atoms with Crippen molar-refractivity contribution in [3.63, 3.8) is 0 Å². The van der Waals surface area contributed by atoms with Crippen molar-refractivity contribution in [2.75, 3.05) is 7.05 Å². The van der Waals surface area contributed by atoms with Crippen molar-refractivity contribution >= 4 is 17.8 Å². The van der Waals surface area contributed by atoms with E-state index in [4.69, 9.17) is 4.74 Å². The predicted molar refractivity (Wildman–Crippen MR) is 94.3 cm³/mol. The first-order valence-corrected chi connectivity index (χ1v) is 7.82. The van der Waals surface area contributed by atoms with E-state index in [1.807, 2.05) is 67.6 Å². The molecule has 0 saturated heterocycles. The monoisotopic (exact) mass is 323 g/mol. The molecule has 0 aliphatic rings. The van der Waals surface area contributed by atoms with Crippen LogP contribution < -0.4 is 5.32 Å². The minimum atomic E-state index is -0.863. The third kappa shape index (κ3) is 4.89. The van der Waals surface area contributed by atoms with E-state index in [0.717, 1.165) is 11.1 Å². The number of nitrogens with one attached hydrogen (secondary N) is 1. The minimum absolute atomic E-state index is 0.123. The molecule has 4 heteroatoms. The number of likely N-dealkylation sites (N-methyl/N-ethyl adjacent to an activating group) is 1. The van der Waals surface area contributed by atoms with Gasteiger partial charge in [-0.3, -0.25) is 4.79 Å². The molecule has 0 aromatic heterocycles. The fourth-order valence-corrected chi connectivity index (χ4v) is 2.23. The van der Waals surface area contributed by atoms with Gasteiger partial charge in [0.2, 0.25) is 0 Å². The van der Waals surface area contributed by atoms with Gasteiger partial charge in [0, 0.05) is 6.04 Å². The summed E-state index contributed by atoms with van der Waals surface area (Å²) in [5.41, 5.74) is 1.69. The number of hydrogen-bond acceptors (Lipinski definition) is 4. The summed E-state index contributed by atoms with van der Waals surface area (Å²) in [5.74, 6) is -1.54. The van der Waals surface area contributed by atoms with Gasteiger partial charge in [-0.1, -0.05) is 66.7 Å². The smallest absolute Gasteiger partial charge is 0.379 e. The highest BCUT2D eigenvalue weighted by atomic mass is 16.5. The van der Waals surface area contributed by atoms with E-state index in [2.05, 4.69) is 5.32 Å². The van der Waals surface area contributed by atoms with Crippen molar-refractivity contribution in [2.24, 2.45) is 0 Å². The summed E-state index contributed by atoms with van der Waals surface area (Å²) in [7, 11) is 1.78. The first-order valence-electron chi connectivity index (χ1n) is 7.82. The quantitative estimate of drug-likeness (QED) is 0.483. The van der Waals surface area contributed by atoms with Crippen molar-refractivity contribution in [3.05, 3.63) is 77.9 Å². The fraction of sp³-hybridized carbons (Fsp3) is 0.200. The Kier molecular flexibility index (Phi) is 6.46. The third-order valence-electron chi connectivity index (χ3n) is 3.70. The zero-order valence-electron chi connectivity index (χ0n) is 13.8. The van der Waals surface area contributed by atoms with Crippen LogP contribution >= 0.6 is 0 Å². The average Bonchev–Trinajstić information content (AvgIpc) is 2.64. The normalized spacial score (nSPS) is 13.4. The first-order chi connectivity index (χ1) is 11.6. The van der Waals surface area contributed by atoms with Crippen LogP contribution in [0.5, 0.6) is 0 Å². The van der Waals surface area contributed by atoms with E-state index in [0.29, 0.717) is 0 Å². The van der Waals surface area contributed by atoms with Gasteiger partial charge >= 0.3 is 5.97 Å². The molecule has 0 aliphatic carbocycles.